The van der Waals surface area contributed by atoms with Crippen molar-refractivity contribution in [2.75, 3.05) is 19.7 Å². The number of halogens is 3. The van der Waals surface area contributed by atoms with E-state index < -0.39 is 6.10 Å². The molecule has 2 aromatic carbocycles. The van der Waals surface area contributed by atoms with Crippen LogP contribution in [0.2, 0.25) is 5.02 Å². The molecule has 0 bridgehead atoms. The number of benzene rings is 2. The Morgan fingerprint density at radius 3 is 2.83 bits per heavy atom. The first-order valence-electron chi connectivity index (χ1n) is 7.63. The predicted octanol–water partition coefficient (Wildman–Crippen LogP) is 4.38. The molecule has 1 fully saturated rings. The Labute approximate surface area is 153 Å². The number of carbonyl (C=O) groups is 1. The van der Waals surface area contributed by atoms with Crippen LogP contribution < -0.4 is 0 Å². The van der Waals surface area contributed by atoms with Gasteiger partial charge in [-0.3, -0.25) is 4.79 Å². The van der Waals surface area contributed by atoms with Gasteiger partial charge in [0.2, 0.25) is 5.91 Å². The molecule has 1 heterocycles. The zero-order chi connectivity index (χ0) is 17.1. The summed E-state index contributed by atoms with van der Waals surface area (Å²) in [6.45, 7) is 1.21. The first-order valence-corrected chi connectivity index (χ1v) is 8.80. The lowest BCUT2D eigenvalue weighted by atomic mass is 10.1. The fourth-order valence-electron chi connectivity index (χ4n) is 2.76. The second kappa shape index (κ2) is 7.64. The molecule has 0 aliphatic carbocycles. The summed E-state index contributed by atoms with van der Waals surface area (Å²) < 4.78 is 20.4. The van der Waals surface area contributed by atoms with E-state index in [2.05, 4.69) is 15.9 Å². The van der Waals surface area contributed by atoms with Crippen LogP contribution >= 0.6 is 27.5 Å². The third-order valence-electron chi connectivity index (χ3n) is 4.06. The van der Waals surface area contributed by atoms with Gasteiger partial charge in [-0.05, 0) is 23.8 Å². The molecule has 1 amide bonds. The van der Waals surface area contributed by atoms with E-state index in [4.69, 9.17) is 16.3 Å². The van der Waals surface area contributed by atoms with Crippen molar-refractivity contribution in [2.45, 2.75) is 12.5 Å². The molecule has 3 nitrogen and oxygen atoms in total. The molecule has 1 aliphatic heterocycles. The first kappa shape index (κ1) is 17.4. The highest BCUT2D eigenvalue weighted by Crippen LogP contribution is 2.28. The monoisotopic (exact) mass is 411 g/mol. The van der Waals surface area contributed by atoms with E-state index in [1.165, 1.54) is 6.07 Å². The van der Waals surface area contributed by atoms with Crippen LogP contribution in [0.15, 0.2) is 46.9 Å². The van der Waals surface area contributed by atoms with E-state index in [9.17, 15) is 9.18 Å². The highest BCUT2D eigenvalue weighted by molar-refractivity contribution is 9.10. The second-order valence-corrected chi connectivity index (χ2v) is 6.86. The maximum atomic E-state index is 13.9. The molecule has 126 valence electrons. The van der Waals surface area contributed by atoms with Crippen LogP contribution in [0.1, 0.15) is 17.2 Å². The maximum absolute atomic E-state index is 13.9. The second-order valence-electron chi connectivity index (χ2n) is 5.60. The van der Waals surface area contributed by atoms with Crippen molar-refractivity contribution in [2.24, 2.45) is 0 Å². The van der Waals surface area contributed by atoms with Crippen LogP contribution in [-0.4, -0.2) is 30.5 Å². The summed E-state index contributed by atoms with van der Waals surface area (Å²) in [4.78, 5) is 14.3. The van der Waals surface area contributed by atoms with Gasteiger partial charge in [0.25, 0.3) is 0 Å². The summed E-state index contributed by atoms with van der Waals surface area (Å²) in [5.41, 5.74) is 1.24. The number of amides is 1. The Morgan fingerprint density at radius 1 is 1.29 bits per heavy atom. The average molecular weight is 413 g/mol. The van der Waals surface area contributed by atoms with E-state index in [0.717, 1.165) is 10.0 Å². The Morgan fingerprint density at radius 2 is 2.08 bits per heavy atom. The van der Waals surface area contributed by atoms with Crippen LogP contribution in [-0.2, 0) is 16.0 Å². The minimum Gasteiger partial charge on any atom is -0.370 e. The molecular weight excluding hydrogens is 397 g/mol. The summed E-state index contributed by atoms with van der Waals surface area (Å²) in [6.07, 6.45) is -0.247. The quantitative estimate of drug-likeness (QED) is 0.748. The van der Waals surface area contributed by atoms with Crippen molar-refractivity contribution < 1.29 is 13.9 Å². The molecular formula is C18H16BrClFNO2. The molecule has 1 aliphatic rings. The number of nitrogens with zero attached hydrogens (tertiary/aromatic N) is 1. The standard InChI is InChI=1S/C18H16BrClFNO2/c19-14-5-3-6-15(20)13(14)10-18(23)22-8-9-24-17(11-22)12-4-1-2-7-16(12)21/h1-7,17H,8-11H2. The van der Waals surface area contributed by atoms with Crippen LogP contribution in [0, 0.1) is 5.82 Å². The van der Waals surface area contributed by atoms with Gasteiger partial charge in [0.1, 0.15) is 11.9 Å². The van der Waals surface area contributed by atoms with Gasteiger partial charge in [0.05, 0.1) is 19.6 Å². The van der Waals surface area contributed by atoms with Crippen molar-refractivity contribution in [3.63, 3.8) is 0 Å². The Balaban J connectivity index is 1.73. The predicted molar refractivity (Wildman–Crippen MR) is 94.5 cm³/mol. The van der Waals surface area contributed by atoms with Crippen molar-refractivity contribution >= 4 is 33.4 Å². The molecule has 0 spiro atoms. The van der Waals surface area contributed by atoms with Gasteiger partial charge in [-0.2, -0.15) is 0 Å². The Kier molecular flexibility index (Phi) is 5.54. The smallest absolute Gasteiger partial charge is 0.227 e. The SMILES string of the molecule is O=C(Cc1c(Cl)cccc1Br)N1CCOC(c2ccccc2F)C1. The maximum Gasteiger partial charge on any atom is 0.227 e. The summed E-state index contributed by atoms with van der Waals surface area (Å²) in [5.74, 6) is -0.362. The van der Waals surface area contributed by atoms with Gasteiger partial charge < -0.3 is 9.64 Å². The fraction of sp³-hybridized carbons (Fsp3) is 0.278. The zero-order valence-electron chi connectivity index (χ0n) is 12.8. The topological polar surface area (TPSA) is 29.5 Å². The van der Waals surface area contributed by atoms with E-state index >= 15 is 0 Å². The molecule has 0 aromatic heterocycles. The van der Waals surface area contributed by atoms with Crippen molar-refractivity contribution in [3.05, 3.63) is 68.9 Å². The number of hydrogen-bond acceptors (Lipinski definition) is 2. The number of rotatable bonds is 3. The molecule has 2 aromatic rings. The zero-order valence-corrected chi connectivity index (χ0v) is 15.2. The third-order valence-corrected chi connectivity index (χ3v) is 5.16. The largest absolute Gasteiger partial charge is 0.370 e. The van der Waals surface area contributed by atoms with Crippen molar-refractivity contribution in [1.82, 2.24) is 4.90 Å². The van der Waals surface area contributed by atoms with Crippen molar-refractivity contribution in [3.8, 4) is 0 Å². The van der Waals surface area contributed by atoms with Gasteiger partial charge >= 0.3 is 0 Å². The molecule has 6 heteroatoms. The molecule has 24 heavy (non-hydrogen) atoms. The van der Waals surface area contributed by atoms with Gasteiger partial charge in [0.15, 0.2) is 0 Å². The third kappa shape index (κ3) is 3.79. The number of hydrogen-bond donors (Lipinski definition) is 0. The summed E-state index contributed by atoms with van der Waals surface area (Å²) in [5, 5.41) is 0.552. The summed E-state index contributed by atoms with van der Waals surface area (Å²) in [7, 11) is 0. The van der Waals surface area contributed by atoms with Crippen LogP contribution in [0.5, 0.6) is 0 Å². The lowest BCUT2D eigenvalue weighted by Gasteiger charge is -2.33. The minimum absolute atomic E-state index is 0.0477. The van der Waals surface area contributed by atoms with Gasteiger partial charge in [0, 0.05) is 21.6 Å². The van der Waals surface area contributed by atoms with Crippen molar-refractivity contribution in [1.29, 1.82) is 0 Å². The molecule has 3 rings (SSSR count). The van der Waals surface area contributed by atoms with Gasteiger partial charge in [-0.1, -0.05) is 51.8 Å². The van der Waals surface area contributed by atoms with E-state index in [1.807, 2.05) is 12.1 Å². The van der Waals surface area contributed by atoms with Gasteiger partial charge in [-0.15, -0.1) is 0 Å². The average Bonchev–Trinajstić information content (AvgIpc) is 2.59. The van der Waals surface area contributed by atoms with E-state index in [0.29, 0.717) is 30.3 Å². The highest BCUT2D eigenvalue weighted by Gasteiger charge is 2.27. The number of ether oxygens (including phenoxy) is 1. The lowest BCUT2D eigenvalue weighted by Crippen LogP contribution is -2.43. The summed E-state index contributed by atoms with van der Waals surface area (Å²) >= 11 is 9.61. The van der Waals surface area contributed by atoms with E-state index in [1.54, 1.807) is 29.2 Å². The molecule has 1 atom stereocenters. The molecule has 1 saturated heterocycles. The molecule has 0 radical (unpaired) electrons. The van der Waals surface area contributed by atoms with E-state index in [-0.39, 0.29) is 18.1 Å². The first-order chi connectivity index (χ1) is 11.6. The van der Waals surface area contributed by atoms with Crippen LogP contribution in [0.3, 0.4) is 0 Å². The molecule has 0 saturated carbocycles. The lowest BCUT2D eigenvalue weighted by molar-refractivity contribution is -0.138. The van der Waals surface area contributed by atoms with Gasteiger partial charge in [-0.25, -0.2) is 4.39 Å². The normalized spacial score (nSPS) is 17.8. The summed E-state index contributed by atoms with van der Waals surface area (Å²) in [6, 6.07) is 11.9. The minimum atomic E-state index is -0.446. The number of carbonyl (C=O) groups excluding carboxylic acids is 1. The Bertz CT molecular complexity index is 735. The van der Waals surface area contributed by atoms with Crippen LogP contribution in [0.4, 0.5) is 4.39 Å². The fourth-order valence-corrected chi connectivity index (χ4v) is 3.63. The number of morpholine rings is 1. The highest BCUT2D eigenvalue weighted by atomic mass is 79.9. The van der Waals surface area contributed by atoms with Crippen LogP contribution in [0.25, 0.3) is 0 Å². The molecule has 1 unspecified atom stereocenters. The Hall–Kier alpha value is -1.43. The molecule has 0 N–H and O–H groups in total.